The number of aliphatic carboxylic acids is 1. The van der Waals surface area contributed by atoms with Crippen LogP contribution in [-0.2, 0) is 11.2 Å². The second kappa shape index (κ2) is 5.18. The van der Waals surface area contributed by atoms with Crippen molar-refractivity contribution in [1.82, 2.24) is 0 Å². The van der Waals surface area contributed by atoms with Gasteiger partial charge in [-0.3, -0.25) is 4.79 Å². The maximum Gasteiger partial charge on any atom is 0.573 e. The molecular formula is C10H6F3NO3S. The Kier molecular flexibility index (Phi) is 4.08. The van der Waals surface area contributed by atoms with Gasteiger partial charge in [0.25, 0.3) is 0 Å². The molecule has 0 aliphatic carbocycles. The van der Waals surface area contributed by atoms with Gasteiger partial charge in [0.05, 0.1) is 12.0 Å². The van der Waals surface area contributed by atoms with Crippen molar-refractivity contribution in [2.45, 2.75) is 17.7 Å². The summed E-state index contributed by atoms with van der Waals surface area (Å²) in [6.45, 7) is 0. The highest BCUT2D eigenvalue weighted by Crippen LogP contribution is 2.30. The molecule has 1 aromatic carbocycles. The standard InChI is InChI=1S/C10H6F3NO3S/c11-10(12,13)17-7-3-8(18)5(2-9(15)16)1-6(7)4-14/h1,3,18H,2H2,(H,15,16). The van der Waals surface area contributed by atoms with Crippen molar-refractivity contribution < 1.29 is 27.8 Å². The number of alkyl halides is 3. The summed E-state index contributed by atoms with van der Waals surface area (Å²) in [5.74, 6) is -1.89. The minimum atomic E-state index is -4.93. The SMILES string of the molecule is N#Cc1cc(CC(=O)O)c(S)cc1OC(F)(F)F. The highest BCUT2D eigenvalue weighted by Gasteiger charge is 2.32. The van der Waals surface area contributed by atoms with Crippen LogP contribution in [0, 0.1) is 11.3 Å². The van der Waals surface area contributed by atoms with Crippen LogP contribution in [0.1, 0.15) is 11.1 Å². The van der Waals surface area contributed by atoms with E-state index in [0.29, 0.717) is 0 Å². The molecule has 4 nitrogen and oxygen atoms in total. The number of hydrogen-bond donors (Lipinski definition) is 2. The molecule has 0 spiro atoms. The molecule has 0 fully saturated rings. The molecule has 1 N–H and O–H groups in total. The first-order valence-corrected chi connectivity index (χ1v) is 4.91. The fourth-order valence-corrected chi connectivity index (χ4v) is 1.48. The van der Waals surface area contributed by atoms with Crippen molar-refractivity contribution in [3.05, 3.63) is 23.3 Å². The van der Waals surface area contributed by atoms with Crippen LogP contribution in [0.15, 0.2) is 17.0 Å². The van der Waals surface area contributed by atoms with E-state index in [1.165, 1.54) is 6.07 Å². The van der Waals surface area contributed by atoms with Crippen LogP contribution in [0.3, 0.4) is 0 Å². The number of carbonyl (C=O) groups is 1. The van der Waals surface area contributed by atoms with Crippen LogP contribution < -0.4 is 4.74 Å². The number of halogens is 3. The smallest absolute Gasteiger partial charge is 0.481 e. The summed E-state index contributed by atoms with van der Waals surface area (Å²) >= 11 is 3.86. The summed E-state index contributed by atoms with van der Waals surface area (Å²) in [6.07, 6.45) is -5.38. The van der Waals surface area contributed by atoms with Crippen LogP contribution >= 0.6 is 12.6 Å². The summed E-state index contributed by atoms with van der Waals surface area (Å²) in [4.78, 5) is 10.5. The van der Waals surface area contributed by atoms with E-state index in [1.807, 2.05) is 0 Å². The maximum absolute atomic E-state index is 12.0. The van der Waals surface area contributed by atoms with Crippen molar-refractivity contribution in [3.8, 4) is 11.8 Å². The van der Waals surface area contributed by atoms with Gasteiger partial charge in [0.15, 0.2) is 0 Å². The molecule has 0 heterocycles. The fourth-order valence-electron chi connectivity index (χ4n) is 1.21. The Morgan fingerprint density at radius 1 is 1.50 bits per heavy atom. The molecule has 0 atom stereocenters. The molecule has 0 unspecified atom stereocenters. The predicted octanol–water partition coefficient (Wildman–Crippen LogP) is 2.37. The molecule has 0 bridgehead atoms. The Balaban J connectivity index is 3.19. The van der Waals surface area contributed by atoms with Crippen molar-refractivity contribution in [3.63, 3.8) is 0 Å². The minimum Gasteiger partial charge on any atom is -0.481 e. The van der Waals surface area contributed by atoms with Gasteiger partial charge in [0, 0.05) is 4.90 Å². The van der Waals surface area contributed by atoms with Gasteiger partial charge < -0.3 is 9.84 Å². The second-order valence-corrected chi connectivity index (χ2v) is 3.69. The van der Waals surface area contributed by atoms with E-state index in [9.17, 15) is 18.0 Å². The monoisotopic (exact) mass is 277 g/mol. The fraction of sp³-hybridized carbons (Fsp3) is 0.200. The summed E-state index contributed by atoms with van der Waals surface area (Å²) in [6, 6.07) is 3.39. The van der Waals surface area contributed by atoms with Crippen molar-refractivity contribution >= 4 is 18.6 Å². The van der Waals surface area contributed by atoms with Gasteiger partial charge in [-0.1, -0.05) is 0 Å². The lowest BCUT2D eigenvalue weighted by atomic mass is 10.1. The van der Waals surface area contributed by atoms with Gasteiger partial charge in [-0.2, -0.15) is 5.26 Å². The normalized spacial score (nSPS) is 10.8. The van der Waals surface area contributed by atoms with E-state index in [1.54, 1.807) is 0 Å². The van der Waals surface area contributed by atoms with Crippen LogP contribution in [0.5, 0.6) is 5.75 Å². The predicted molar refractivity (Wildman–Crippen MR) is 56.4 cm³/mol. The number of hydrogen-bond acceptors (Lipinski definition) is 4. The Morgan fingerprint density at radius 2 is 2.11 bits per heavy atom. The van der Waals surface area contributed by atoms with Crippen LogP contribution in [0.25, 0.3) is 0 Å². The van der Waals surface area contributed by atoms with Gasteiger partial charge in [-0.15, -0.1) is 25.8 Å². The van der Waals surface area contributed by atoms with E-state index < -0.39 is 30.1 Å². The third kappa shape index (κ3) is 3.85. The number of rotatable bonds is 3. The quantitative estimate of drug-likeness (QED) is 0.832. The number of carboxylic acids is 1. The zero-order valence-corrected chi connectivity index (χ0v) is 9.55. The zero-order valence-electron chi connectivity index (χ0n) is 8.65. The molecule has 18 heavy (non-hydrogen) atoms. The van der Waals surface area contributed by atoms with Crippen molar-refractivity contribution in [1.29, 1.82) is 5.26 Å². The van der Waals surface area contributed by atoms with Gasteiger partial charge in [0.1, 0.15) is 11.8 Å². The largest absolute Gasteiger partial charge is 0.573 e. The topological polar surface area (TPSA) is 70.3 Å². The average Bonchev–Trinajstić information content (AvgIpc) is 2.19. The van der Waals surface area contributed by atoms with E-state index in [-0.39, 0.29) is 10.5 Å². The third-order valence-corrected chi connectivity index (χ3v) is 2.28. The summed E-state index contributed by atoms with van der Waals surface area (Å²) in [5.41, 5.74) is -0.265. The van der Waals surface area contributed by atoms with Gasteiger partial charge in [0.2, 0.25) is 0 Å². The zero-order chi connectivity index (χ0) is 13.9. The Morgan fingerprint density at radius 3 is 2.56 bits per heavy atom. The molecule has 8 heteroatoms. The van der Waals surface area contributed by atoms with Gasteiger partial charge in [-0.25, -0.2) is 0 Å². The lowest BCUT2D eigenvalue weighted by Crippen LogP contribution is -2.18. The molecule has 1 aromatic rings. The average molecular weight is 277 g/mol. The summed E-state index contributed by atoms with van der Waals surface area (Å²) in [5, 5.41) is 17.3. The number of nitrogens with zero attached hydrogens (tertiary/aromatic N) is 1. The lowest BCUT2D eigenvalue weighted by Gasteiger charge is -2.12. The van der Waals surface area contributed by atoms with Crippen LogP contribution in [-0.4, -0.2) is 17.4 Å². The molecule has 96 valence electrons. The first-order valence-electron chi connectivity index (χ1n) is 4.46. The highest BCUT2D eigenvalue weighted by atomic mass is 32.1. The van der Waals surface area contributed by atoms with Gasteiger partial charge >= 0.3 is 12.3 Å². The Hall–Kier alpha value is -1.88. The molecule has 0 radical (unpaired) electrons. The van der Waals surface area contributed by atoms with Crippen LogP contribution in [0.4, 0.5) is 13.2 Å². The van der Waals surface area contributed by atoms with E-state index >= 15 is 0 Å². The number of benzene rings is 1. The van der Waals surface area contributed by atoms with E-state index in [0.717, 1.165) is 12.1 Å². The number of nitriles is 1. The maximum atomic E-state index is 12.0. The first kappa shape index (κ1) is 14.2. The number of thiol groups is 1. The molecule has 0 saturated carbocycles. The Labute approximate surface area is 105 Å². The molecule has 0 saturated heterocycles. The molecule has 0 aliphatic heterocycles. The minimum absolute atomic E-state index is 0.00986. The lowest BCUT2D eigenvalue weighted by molar-refractivity contribution is -0.274. The third-order valence-electron chi connectivity index (χ3n) is 1.87. The molecular weight excluding hydrogens is 271 g/mol. The van der Waals surface area contributed by atoms with Gasteiger partial charge in [-0.05, 0) is 17.7 Å². The number of carboxylic acid groups (broad SMARTS) is 1. The summed E-state index contributed by atoms with van der Waals surface area (Å²) < 4.78 is 39.8. The molecule has 0 amide bonds. The first-order chi connectivity index (χ1) is 8.23. The number of ether oxygens (including phenoxy) is 1. The Bertz CT molecular complexity index is 522. The van der Waals surface area contributed by atoms with Crippen LogP contribution in [0.2, 0.25) is 0 Å². The summed E-state index contributed by atoms with van der Waals surface area (Å²) in [7, 11) is 0. The van der Waals surface area contributed by atoms with E-state index in [4.69, 9.17) is 10.4 Å². The van der Waals surface area contributed by atoms with Crippen molar-refractivity contribution in [2.24, 2.45) is 0 Å². The second-order valence-electron chi connectivity index (χ2n) is 3.21. The highest BCUT2D eigenvalue weighted by molar-refractivity contribution is 7.80. The molecule has 0 aliphatic rings. The molecule has 0 aromatic heterocycles. The molecule has 1 rings (SSSR count). The van der Waals surface area contributed by atoms with E-state index in [2.05, 4.69) is 17.4 Å². The van der Waals surface area contributed by atoms with Crippen molar-refractivity contribution in [2.75, 3.05) is 0 Å².